The molecule has 3 amide bonds. The molecule has 0 heterocycles. The van der Waals surface area contributed by atoms with E-state index < -0.39 is 23.4 Å². The molecule has 0 aromatic heterocycles. The second-order valence-corrected chi connectivity index (χ2v) is 7.21. The number of anilines is 2. The van der Waals surface area contributed by atoms with Crippen LogP contribution in [0.15, 0.2) is 48.5 Å². The van der Waals surface area contributed by atoms with E-state index in [0.29, 0.717) is 11.4 Å². The van der Waals surface area contributed by atoms with E-state index in [-0.39, 0.29) is 24.4 Å². The lowest BCUT2D eigenvalue weighted by Gasteiger charge is -2.19. The van der Waals surface area contributed by atoms with Crippen LogP contribution in [0.2, 0.25) is 0 Å². The number of ether oxygens (including phenoxy) is 1. The lowest BCUT2D eigenvalue weighted by Crippen LogP contribution is -2.34. The molecule has 0 aliphatic heterocycles. The molecule has 0 radical (unpaired) electrons. The maximum absolute atomic E-state index is 13.8. The van der Waals surface area contributed by atoms with Gasteiger partial charge in [0.1, 0.15) is 11.4 Å². The first-order chi connectivity index (χ1) is 13.7. The molecule has 154 valence electrons. The molecule has 0 bridgehead atoms. The van der Waals surface area contributed by atoms with Crippen LogP contribution in [0, 0.1) is 5.82 Å². The molecule has 0 atom stereocenters. The highest BCUT2D eigenvalue weighted by Gasteiger charge is 2.16. The summed E-state index contributed by atoms with van der Waals surface area (Å²) in [5.74, 6) is -1.63. The van der Waals surface area contributed by atoms with E-state index >= 15 is 0 Å². The molecule has 0 unspecified atom stereocenters. The molecule has 8 heteroatoms. The number of carbonyl (C=O) groups excluding carboxylic acids is 3. The van der Waals surface area contributed by atoms with E-state index in [2.05, 4.69) is 16.0 Å². The Morgan fingerprint density at radius 2 is 1.52 bits per heavy atom. The van der Waals surface area contributed by atoms with Gasteiger partial charge in [-0.05, 0) is 45.0 Å². The third kappa shape index (κ3) is 7.25. The molecule has 0 saturated carbocycles. The largest absolute Gasteiger partial charge is 0.444 e. The van der Waals surface area contributed by atoms with Gasteiger partial charge in [0, 0.05) is 13.0 Å². The molecule has 3 N–H and O–H groups in total. The average molecular weight is 401 g/mol. The standard InChI is InChI=1S/C21H24FN3O4/c1-21(2,3)29-20(28)23-13-12-18(26)24-16-10-6-7-11-17(16)25-19(27)14-8-4-5-9-15(14)22/h4-11H,12-13H2,1-3H3,(H,23,28)(H,24,26)(H,25,27). The van der Waals surface area contributed by atoms with Gasteiger partial charge in [-0.15, -0.1) is 0 Å². The second kappa shape index (κ2) is 9.68. The maximum Gasteiger partial charge on any atom is 0.407 e. The number of amides is 3. The van der Waals surface area contributed by atoms with Crippen molar-refractivity contribution in [2.75, 3.05) is 17.2 Å². The number of rotatable bonds is 6. The Morgan fingerprint density at radius 3 is 2.14 bits per heavy atom. The molecule has 7 nitrogen and oxygen atoms in total. The summed E-state index contributed by atoms with van der Waals surface area (Å²) in [6.07, 6.45) is -0.600. The van der Waals surface area contributed by atoms with Gasteiger partial charge in [0.05, 0.1) is 16.9 Å². The summed E-state index contributed by atoms with van der Waals surface area (Å²) in [7, 11) is 0. The summed E-state index contributed by atoms with van der Waals surface area (Å²) >= 11 is 0. The second-order valence-electron chi connectivity index (χ2n) is 7.21. The van der Waals surface area contributed by atoms with Gasteiger partial charge in [0.15, 0.2) is 0 Å². The van der Waals surface area contributed by atoms with Crippen molar-refractivity contribution in [1.82, 2.24) is 5.32 Å². The zero-order chi connectivity index (χ0) is 21.4. The van der Waals surface area contributed by atoms with Crippen molar-refractivity contribution in [1.29, 1.82) is 0 Å². The van der Waals surface area contributed by atoms with Crippen LogP contribution < -0.4 is 16.0 Å². The summed E-state index contributed by atoms with van der Waals surface area (Å²) in [5, 5.41) is 7.75. The number of para-hydroxylation sites is 2. The van der Waals surface area contributed by atoms with Crippen LogP contribution in [0.1, 0.15) is 37.6 Å². The minimum Gasteiger partial charge on any atom is -0.444 e. The zero-order valence-corrected chi connectivity index (χ0v) is 16.5. The van der Waals surface area contributed by atoms with Crippen molar-refractivity contribution in [3.63, 3.8) is 0 Å². The number of hydrogen-bond acceptors (Lipinski definition) is 4. The van der Waals surface area contributed by atoms with Crippen molar-refractivity contribution in [2.24, 2.45) is 0 Å². The van der Waals surface area contributed by atoms with Crippen molar-refractivity contribution >= 4 is 29.3 Å². The predicted molar refractivity (Wildman–Crippen MR) is 108 cm³/mol. The number of halogens is 1. The van der Waals surface area contributed by atoms with Crippen LogP contribution in [0.3, 0.4) is 0 Å². The Bertz CT molecular complexity index is 893. The van der Waals surface area contributed by atoms with Gasteiger partial charge in [-0.2, -0.15) is 0 Å². The highest BCUT2D eigenvalue weighted by atomic mass is 19.1. The van der Waals surface area contributed by atoms with E-state index in [1.54, 1.807) is 51.1 Å². The fourth-order valence-corrected chi connectivity index (χ4v) is 2.34. The first-order valence-corrected chi connectivity index (χ1v) is 9.07. The van der Waals surface area contributed by atoms with Crippen molar-refractivity contribution in [2.45, 2.75) is 32.8 Å². The van der Waals surface area contributed by atoms with Gasteiger partial charge in [0.25, 0.3) is 5.91 Å². The lowest BCUT2D eigenvalue weighted by atomic mass is 10.2. The van der Waals surface area contributed by atoms with Gasteiger partial charge in [0.2, 0.25) is 5.91 Å². The van der Waals surface area contributed by atoms with E-state index in [4.69, 9.17) is 4.74 Å². The topological polar surface area (TPSA) is 96.5 Å². The molecule has 2 aromatic rings. The fourth-order valence-electron chi connectivity index (χ4n) is 2.34. The molecular weight excluding hydrogens is 377 g/mol. The first-order valence-electron chi connectivity index (χ1n) is 9.07. The van der Waals surface area contributed by atoms with Crippen LogP contribution in [-0.4, -0.2) is 30.1 Å². The molecule has 29 heavy (non-hydrogen) atoms. The van der Waals surface area contributed by atoms with Gasteiger partial charge >= 0.3 is 6.09 Å². The lowest BCUT2D eigenvalue weighted by molar-refractivity contribution is -0.116. The highest BCUT2D eigenvalue weighted by Crippen LogP contribution is 2.22. The quantitative estimate of drug-likeness (QED) is 0.683. The fraction of sp³-hybridized carbons (Fsp3) is 0.286. The van der Waals surface area contributed by atoms with E-state index in [1.165, 1.54) is 18.2 Å². The minimum atomic E-state index is -0.639. The third-order valence-corrected chi connectivity index (χ3v) is 3.59. The number of benzene rings is 2. The summed E-state index contributed by atoms with van der Waals surface area (Å²) in [6, 6.07) is 12.2. The van der Waals surface area contributed by atoms with Crippen LogP contribution in [-0.2, 0) is 9.53 Å². The SMILES string of the molecule is CC(C)(C)OC(=O)NCCC(=O)Nc1ccccc1NC(=O)c1ccccc1F. The minimum absolute atomic E-state index is 0.00877. The van der Waals surface area contributed by atoms with Crippen LogP contribution >= 0.6 is 0 Å². The smallest absolute Gasteiger partial charge is 0.407 e. The molecular formula is C21H24FN3O4. The summed E-state index contributed by atoms with van der Waals surface area (Å²) < 4.78 is 18.9. The Hall–Kier alpha value is -3.42. The van der Waals surface area contributed by atoms with Crippen LogP contribution in [0.4, 0.5) is 20.6 Å². The van der Waals surface area contributed by atoms with E-state index in [0.717, 1.165) is 0 Å². The molecule has 2 rings (SSSR count). The van der Waals surface area contributed by atoms with Gasteiger partial charge in [-0.1, -0.05) is 24.3 Å². The van der Waals surface area contributed by atoms with Crippen molar-refractivity contribution in [3.05, 3.63) is 59.9 Å². The Morgan fingerprint density at radius 1 is 0.931 bits per heavy atom. The Labute approximate surface area is 168 Å². The molecule has 0 aliphatic rings. The number of nitrogens with one attached hydrogen (secondary N) is 3. The van der Waals surface area contributed by atoms with Gasteiger partial charge < -0.3 is 20.7 Å². The van der Waals surface area contributed by atoms with Crippen molar-refractivity contribution in [3.8, 4) is 0 Å². The third-order valence-electron chi connectivity index (χ3n) is 3.59. The highest BCUT2D eigenvalue weighted by molar-refractivity contribution is 6.07. The van der Waals surface area contributed by atoms with Crippen molar-refractivity contribution < 1.29 is 23.5 Å². The molecule has 0 saturated heterocycles. The monoisotopic (exact) mass is 401 g/mol. The first kappa shape index (κ1) is 21.9. The summed E-state index contributed by atoms with van der Waals surface area (Å²) in [6.45, 7) is 5.31. The molecule has 0 aliphatic carbocycles. The molecule has 0 fully saturated rings. The molecule has 0 spiro atoms. The van der Waals surface area contributed by atoms with Gasteiger partial charge in [-0.3, -0.25) is 9.59 Å². The maximum atomic E-state index is 13.8. The molecule has 2 aromatic carbocycles. The Kier molecular flexibility index (Phi) is 7.30. The zero-order valence-electron chi connectivity index (χ0n) is 16.5. The van der Waals surface area contributed by atoms with E-state index in [9.17, 15) is 18.8 Å². The van der Waals surface area contributed by atoms with Gasteiger partial charge in [-0.25, -0.2) is 9.18 Å². The summed E-state index contributed by atoms with van der Waals surface area (Å²) in [5.41, 5.74) is -0.0364. The summed E-state index contributed by atoms with van der Waals surface area (Å²) in [4.78, 5) is 36.1. The Balaban J connectivity index is 1.93. The number of carbonyl (C=O) groups is 3. The predicted octanol–water partition coefficient (Wildman–Crippen LogP) is 3.93. The van der Waals surface area contributed by atoms with Crippen LogP contribution in [0.25, 0.3) is 0 Å². The average Bonchev–Trinajstić information content (AvgIpc) is 2.62. The normalized spacial score (nSPS) is 10.8. The number of alkyl carbamates (subject to hydrolysis) is 1. The van der Waals surface area contributed by atoms with E-state index in [1.807, 2.05) is 0 Å². The number of hydrogen-bond donors (Lipinski definition) is 3. The van der Waals surface area contributed by atoms with Crippen LogP contribution in [0.5, 0.6) is 0 Å².